The molecule has 1 atom stereocenters. The van der Waals surface area contributed by atoms with E-state index in [1.807, 2.05) is 61.6 Å². The van der Waals surface area contributed by atoms with Crippen LogP contribution in [0.4, 0.5) is 0 Å². The maximum absolute atomic E-state index is 10.4. The molecule has 0 radical (unpaired) electrons. The van der Waals surface area contributed by atoms with E-state index in [2.05, 4.69) is 23.1 Å². The Balaban J connectivity index is 1.69. The zero-order valence-corrected chi connectivity index (χ0v) is 16.2. The standard InChI is InChI=1S/C24H24N2O2/c1-26(17-23(27)21-6-4-3-5-7-21)16-18-8-11-20(12-9-18)22-14-19(15-25)10-13-24(22)28-2/h3-14,23,27H,16-17H2,1-2H3. The third-order valence-electron chi connectivity index (χ3n) is 4.71. The molecule has 4 nitrogen and oxygen atoms in total. The maximum atomic E-state index is 10.4. The van der Waals surface area contributed by atoms with Crippen molar-refractivity contribution < 1.29 is 9.84 Å². The molecule has 0 heterocycles. The summed E-state index contributed by atoms with van der Waals surface area (Å²) in [6.45, 7) is 1.29. The van der Waals surface area contributed by atoms with Crippen LogP contribution < -0.4 is 4.74 Å². The summed E-state index contributed by atoms with van der Waals surface area (Å²) in [5, 5.41) is 19.5. The Morgan fingerprint density at radius 1 is 1.04 bits per heavy atom. The van der Waals surface area contributed by atoms with Crippen molar-refractivity contribution in [1.82, 2.24) is 4.90 Å². The minimum absolute atomic E-state index is 0.511. The van der Waals surface area contributed by atoms with Gasteiger partial charge in [0.25, 0.3) is 0 Å². The van der Waals surface area contributed by atoms with Crippen molar-refractivity contribution in [1.29, 1.82) is 5.26 Å². The lowest BCUT2D eigenvalue weighted by atomic mass is 10.0. The molecule has 3 rings (SSSR count). The van der Waals surface area contributed by atoms with Gasteiger partial charge in [-0.1, -0.05) is 54.6 Å². The molecule has 0 aliphatic carbocycles. The van der Waals surface area contributed by atoms with E-state index in [0.717, 1.165) is 34.5 Å². The summed E-state index contributed by atoms with van der Waals surface area (Å²) in [5.74, 6) is 0.745. The quantitative estimate of drug-likeness (QED) is 0.668. The molecule has 1 unspecified atom stereocenters. The van der Waals surface area contributed by atoms with Crippen LogP contribution in [-0.2, 0) is 6.54 Å². The Hall–Kier alpha value is -3.13. The largest absolute Gasteiger partial charge is 0.496 e. The molecule has 4 heteroatoms. The third-order valence-corrected chi connectivity index (χ3v) is 4.71. The number of methoxy groups -OCH3 is 1. The Morgan fingerprint density at radius 3 is 2.39 bits per heavy atom. The SMILES string of the molecule is COc1ccc(C#N)cc1-c1ccc(CN(C)CC(O)c2ccccc2)cc1. The summed E-state index contributed by atoms with van der Waals surface area (Å²) < 4.78 is 5.43. The molecule has 142 valence electrons. The van der Waals surface area contributed by atoms with Crippen LogP contribution in [0.25, 0.3) is 11.1 Å². The van der Waals surface area contributed by atoms with Crippen molar-refractivity contribution in [2.45, 2.75) is 12.6 Å². The second-order valence-corrected chi connectivity index (χ2v) is 6.85. The third kappa shape index (κ3) is 4.77. The lowest BCUT2D eigenvalue weighted by Gasteiger charge is -2.21. The van der Waals surface area contributed by atoms with Crippen LogP contribution in [0.2, 0.25) is 0 Å². The van der Waals surface area contributed by atoms with Gasteiger partial charge in [-0.15, -0.1) is 0 Å². The first-order valence-corrected chi connectivity index (χ1v) is 9.19. The molecule has 3 aromatic rings. The monoisotopic (exact) mass is 372 g/mol. The molecule has 1 N–H and O–H groups in total. The molecule has 3 aromatic carbocycles. The van der Waals surface area contributed by atoms with Crippen LogP contribution in [0.3, 0.4) is 0 Å². The predicted molar refractivity (Wildman–Crippen MR) is 111 cm³/mol. The zero-order chi connectivity index (χ0) is 19.9. The van der Waals surface area contributed by atoms with Crippen molar-refractivity contribution in [3.8, 4) is 22.9 Å². The molecule has 0 amide bonds. The van der Waals surface area contributed by atoms with Gasteiger partial charge < -0.3 is 9.84 Å². The minimum atomic E-state index is -0.511. The fourth-order valence-electron chi connectivity index (χ4n) is 3.24. The van der Waals surface area contributed by atoms with Crippen LogP contribution in [0, 0.1) is 11.3 Å². The van der Waals surface area contributed by atoms with Crippen LogP contribution >= 0.6 is 0 Å². The normalized spacial score (nSPS) is 11.8. The van der Waals surface area contributed by atoms with E-state index in [4.69, 9.17) is 10.00 Å². The van der Waals surface area contributed by atoms with Gasteiger partial charge in [0.1, 0.15) is 5.75 Å². The van der Waals surface area contributed by atoms with Crippen molar-refractivity contribution in [2.75, 3.05) is 20.7 Å². The summed E-state index contributed by atoms with van der Waals surface area (Å²) in [5.41, 5.74) is 4.59. The lowest BCUT2D eigenvalue weighted by molar-refractivity contribution is 0.124. The molecule has 0 saturated carbocycles. The van der Waals surface area contributed by atoms with Crippen molar-refractivity contribution in [3.05, 3.63) is 89.5 Å². The number of nitriles is 1. The van der Waals surface area contributed by atoms with E-state index in [-0.39, 0.29) is 0 Å². The molecule has 0 aliphatic heterocycles. The molecular formula is C24H24N2O2. The van der Waals surface area contributed by atoms with Gasteiger partial charge in [-0.05, 0) is 41.9 Å². The van der Waals surface area contributed by atoms with Crippen LogP contribution in [0.15, 0.2) is 72.8 Å². The highest BCUT2D eigenvalue weighted by molar-refractivity contribution is 5.72. The van der Waals surface area contributed by atoms with E-state index >= 15 is 0 Å². The van der Waals surface area contributed by atoms with E-state index in [9.17, 15) is 5.11 Å². The number of hydrogen-bond donors (Lipinski definition) is 1. The fraction of sp³-hybridized carbons (Fsp3) is 0.208. The Kier molecular flexibility index (Phi) is 6.44. The molecule has 0 spiro atoms. The predicted octanol–water partition coefficient (Wildman–Crippen LogP) is 4.40. The van der Waals surface area contributed by atoms with Crippen LogP contribution in [-0.4, -0.2) is 30.7 Å². The van der Waals surface area contributed by atoms with Crippen molar-refractivity contribution in [2.24, 2.45) is 0 Å². The first kappa shape index (κ1) is 19.6. The molecule has 0 bridgehead atoms. The van der Waals surface area contributed by atoms with Crippen LogP contribution in [0.5, 0.6) is 5.75 Å². The molecule has 0 aromatic heterocycles. The van der Waals surface area contributed by atoms with Gasteiger partial charge in [-0.2, -0.15) is 5.26 Å². The number of benzene rings is 3. The number of rotatable bonds is 7. The van der Waals surface area contributed by atoms with E-state index in [1.165, 1.54) is 0 Å². The van der Waals surface area contributed by atoms with Crippen molar-refractivity contribution in [3.63, 3.8) is 0 Å². The maximum Gasteiger partial charge on any atom is 0.126 e. The van der Waals surface area contributed by atoms with Crippen LogP contribution in [0.1, 0.15) is 22.8 Å². The Morgan fingerprint density at radius 2 is 1.75 bits per heavy atom. The number of ether oxygens (including phenoxy) is 1. The molecule has 28 heavy (non-hydrogen) atoms. The van der Waals surface area contributed by atoms with E-state index in [1.54, 1.807) is 13.2 Å². The fourth-order valence-corrected chi connectivity index (χ4v) is 3.24. The Bertz CT molecular complexity index is 947. The van der Waals surface area contributed by atoms with Gasteiger partial charge in [-0.3, -0.25) is 4.90 Å². The van der Waals surface area contributed by atoms with Crippen molar-refractivity contribution >= 4 is 0 Å². The summed E-state index contributed by atoms with van der Waals surface area (Å²) in [6.07, 6.45) is -0.511. The second-order valence-electron chi connectivity index (χ2n) is 6.85. The Labute approximate surface area is 166 Å². The van der Waals surface area contributed by atoms with Gasteiger partial charge in [-0.25, -0.2) is 0 Å². The number of hydrogen-bond acceptors (Lipinski definition) is 4. The topological polar surface area (TPSA) is 56.5 Å². The lowest BCUT2D eigenvalue weighted by Crippen LogP contribution is -2.24. The first-order valence-electron chi connectivity index (χ1n) is 9.19. The van der Waals surface area contributed by atoms with Gasteiger partial charge in [0.2, 0.25) is 0 Å². The minimum Gasteiger partial charge on any atom is -0.496 e. The van der Waals surface area contributed by atoms with Gasteiger partial charge >= 0.3 is 0 Å². The highest BCUT2D eigenvalue weighted by Crippen LogP contribution is 2.31. The molecular weight excluding hydrogens is 348 g/mol. The first-order chi connectivity index (χ1) is 13.6. The van der Waals surface area contributed by atoms with E-state index < -0.39 is 6.10 Å². The summed E-state index contributed by atoms with van der Waals surface area (Å²) in [7, 11) is 3.63. The highest BCUT2D eigenvalue weighted by atomic mass is 16.5. The number of aliphatic hydroxyl groups is 1. The van der Waals surface area contributed by atoms with Gasteiger partial charge in [0, 0.05) is 18.7 Å². The number of aliphatic hydroxyl groups excluding tert-OH is 1. The highest BCUT2D eigenvalue weighted by Gasteiger charge is 2.11. The summed E-state index contributed by atoms with van der Waals surface area (Å²) in [6, 6.07) is 25.5. The molecule has 0 aliphatic rings. The molecule has 0 fully saturated rings. The smallest absolute Gasteiger partial charge is 0.126 e. The average molecular weight is 372 g/mol. The zero-order valence-electron chi connectivity index (χ0n) is 16.2. The number of nitrogens with zero attached hydrogens (tertiary/aromatic N) is 2. The van der Waals surface area contributed by atoms with E-state index in [0.29, 0.717) is 12.1 Å². The second kappa shape index (κ2) is 9.18. The number of likely N-dealkylation sites (N-methyl/N-ethyl adjacent to an activating group) is 1. The van der Waals surface area contributed by atoms with Gasteiger partial charge in [0.15, 0.2) is 0 Å². The summed E-state index contributed by atoms with van der Waals surface area (Å²) >= 11 is 0. The summed E-state index contributed by atoms with van der Waals surface area (Å²) in [4.78, 5) is 2.10. The molecule has 0 saturated heterocycles. The average Bonchev–Trinajstić information content (AvgIpc) is 2.74. The van der Waals surface area contributed by atoms with Gasteiger partial charge in [0.05, 0.1) is 24.8 Å².